The molecule has 2 heterocycles. The summed E-state index contributed by atoms with van der Waals surface area (Å²) in [6, 6.07) is 0.967. The van der Waals surface area contributed by atoms with Gasteiger partial charge in [-0.15, -0.1) is 0 Å². The summed E-state index contributed by atoms with van der Waals surface area (Å²) in [6.45, 7) is 17.9. The van der Waals surface area contributed by atoms with Crippen LogP contribution in [-0.4, -0.2) is 62.3 Å². The Morgan fingerprint density at radius 2 is 1.37 bits per heavy atom. The fraction of sp³-hybridized carbons (Fsp3) is 0.514. The van der Waals surface area contributed by atoms with Crippen molar-refractivity contribution in [3.05, 3.63) is 56.2 Å². The van der Waals surface area contributed by atoms with Crippen molar-refractivity contribution in [1.29, 1.82) is 0 Å². The van der Waals surface area contributed by atoms with E-state index in [2.05, 4.69) is 19.6 Å². The van der Waals surface area contributed by atoms with Crippen LogP contribution in [0.4, 0.5) is 0 Å². The van der Waals surface area contributed by atoms with Crippen LogP contribution in [0.25, 0.3) is 0 Å². The Bertz CT molecular complexity index is 1580. The predicted octanol–water partition coefficient (Wildman–Crippen LogP) is 7.28. The number of phenols is 1. The average Bonchev–Trinajstić information content (AvgIpc) is 3.60. The molecule has 0 spiro atoms. The van der Waals surface area contributed by atoms with Gasteiger partial charge in [0, 0.05) is 43.2 Å². The normalized spacial score (nSPS) is 13.3. The molecule has 0 saturated carbocycles. The first-order chi connectivity index (χ1) is 22.7. The van der Waals surface area contributed by atoms with Crippen LogP contribution < -0.4 is 14.2 Å². The molecule has 2 aliphatic rings. The van der Waals surface area contributed by atoms with Crippen LogP contribution in [0.3, 0.4) is 0 Å². The van der Waals surface area contributed by atoms with Crippen molar-refractivity contribution < 1.29 is 53.1 Å². The highest BCUT2D eigenvalue weighted by Gasteiger charge is 2.34. The SMILES string of the molecule is C.CCOc1c(C)c2c(c(O)c1C/C=C(\C)CCC(=O)O)C(=O)OC2.CCOc1c(C)c2c(c(OCC[Si](C)(C)C)c1CC=O)C(=O)OC2. The van der Waals surface area contributed by atoms with E-state index < -0.39 is 20.0 Å². The number of allylic oxidation sites excluding steroid dienone is 2. The molecule has 0 fully saturated rings. The predicted molar refractivity (Wildman–Crippen MR) is 189 cm³/mol. The maximum atomic E-state index is 12.2. The second kappa shape index (κ2) is 17.9. The number of hydrogen-bond donors (Lipinski definition) is 2. The highest BCUT2D eigenvalue weighted by molar-refractivity contribution is 6.76. The summed E-state index contributed by atoms with van der Waals surface area (Å²) in [5, 5.41) is 19.3. The zero-order valence-corrected chi connectivity index (χ0v) is 30.3. The summed E-state index contributed by atoms with van der Waals surface area (Å²) in [7, 11) is -1.27. The molecular weight excluding hydrogens is 648 g/mol. The van der Waals surface area contributed by atoms with E-state index in [1.54, 1.807) is 0 Å². The largest absolute Gasteiger partial charge is 0.507 e. The molecule has 0 aliphatic carbocycles. The monoisotopic (exact) mass is 700 g/mol. The van der Waals surface area contributed by atoms with Crippen molar-refractivity contribution in [3.63, 3.8) is 0 Å². The first-order valence-corrected chi connectivity index (χ1v) is 20.0. The second-order valence-electron chi connectivity index (χ2n) is 12.9. The molecular formula is C37H52O11Si. The van der Waals surface area contributed by atoms with Gasteiger partial charge in [0.25, 0.3) is 0 Å². The maximum Gasteiger partial charge on any atom is 0.342 e. The molecule has 270 valence electrons. The number of phenolic OH excluding ortho intramolecular Hbond substituents is 1. The number of fused-ring (bicyclic) bond motifs is 2. The Balaban J connectivity index is 0.000000333. The van der Waals surface area contributed by atoms with E-state index in [9.17, 15) is 24.3 Å². The van der Waals surface area contributed by atoms with E-state index in [-0.39, 0.29) is 50.8 Å². The van der Waals surface area contributed by atoms with Crippen LogP contribution in [-0.2, 0) is 45.1 Å². The van der Waals surface area contributed by atoms with E-state index in [0.29, 0.717) is 72.2 Å². The van der Waals surface area contributed by atoms with Gasteiger partial charge in [0.15, 0.2) is 0 Å². The third-order valence-corrected chi connectivity index (χ3v) is 9.92. The molecule has 0 unspecified atom stereocenters. The van der Waals surface area contributed by atoms with E-state index in [4.69, 9.17) is 28.8 Å². The smallest absolute Gasteiger partial charge is 0.342 e. The Morgan fingerprint density at radius 1 is 0.837 bits per heavy atom. The first-order valence-electron chi connectivity index (χ1n) is 16.3. The maximum absolute atomic E-state index is 12.2. The quantitative estimate of drug-likeness (QED) is 0.0833. The third kappa shape index (κ3) is 9.87. The van der Waals surface area contributed by atoms with Crippen LogP contribution in [0.15, 0.2) is 11.6 Å². The number of ether oxygens (including phenoxy) is 5. The molecule has 0 radical (unpaired) electrons. The molecule has 0 aromatic heterocycles. The van der Waals surface area contributed by atoms with Crippen LogP contribution in [0.1, 0.15) is 95.1 Å². The van der Waals surface area contributed by atoms with E-state index in [1.807, 2.05) is 40.7 Å². The number of carbonyl (C=O) groups is 4. The number of aldehydes is 1. The van der Waals surface area contributed by atoms with Gasteiger partial charge in [0.1, 0.15) is 53.6 Å². The standard InChI is InChI=1S/C18H22O6.C18H26O5Si.CH4/c1-4-23-17-11(3)13-9-24-18(22)15(13)16(21)12(17)7-5-10(2)6-8-14(19)20;1-6-21-16-12(2)14-11-23-18(20)15(14)17(13(16)7-8-19)22-9-10-24(3,4)5;/h5,21H,4,6-9H2,1-3H3,(H,19,20);8H,6-7,9-11H2,1-5H3;1H4/b10-5+;;. The highest BCUT2D eigenvalue weighted by atomic mass is 28.3. The summed E-state index contributed by atoms with van der Waals surface area (Å²) < 4.78 is 27.7. The number of aliphatic carboxylic acids is 1. The molecule has 0 amide bonds. The third-order valence-electron chi connectivity index (χ3n) is 8.22. The number of hydrogen-bond acceptors (Lipinski definition) is 10. The second-order valence-corrected chi connectivity index (χ2v) is 18.6. The minimum atomic E-state index is -1.27. The van der Waals surface area contributed by atoms with Gasteiger partial charge in [-0.2, -0.15) is 0 Å². The minimum absolute atomic E-state index is 0. The zero-order valence-electron chi connectivity index (χ0n) is 29.3. The van der Waals surface area contributed by atoms with Crippen LogP contribution >= 0.6 is 0 Å². The number of carboxylic acids is 1. The fourth-order valence-corrected chi connectivity index (χ4v) is 6.26. The van der Waals surface area contributed by atoms with Crippen LogP contribution in [0, 0.1) is 13.8 Å². The number of rotatable bonds is 15. The van der Waals surface area contributed by atoms with Gasteiger partial charge in [-0.3, -0.25) is 4.79 Å². The molecule has 0 saturated heterocycles. The molecule has 2 aliphatic heterocycles. The van der Waals surface area contributed by atoms with Crippen LogP contribution in [0.2, 0.25) is 25.7 Å². The van der Waals surface area contributed by atoms with Crippen molar-refractivity contribution in [2.75, 3.05) is 19.8 Å². The zero-order chi connectivity index (χ0) is 35.8. The Labute approximate surface area is 290 Å². The Morgan fingerprint density at radius 3 is 1.88 bits per heavy atom. The molecule has 11 nitrogen and oxygen atoms in total. The van der Waals surface area contributed by atoms with Crippen molar-refractivity contribution in [2.24, 2.45) is 0 Å². The topological polar surface area (TPSA) is 155 Å². The Hall–Kier alpha value is -4.32. The van der Waals surface area contributed by atoms with Crippen molar-refractivity contribution >= 4 is 32.3 Å². The molecule has 49 heavy (non-hydrogen) atoms. The molecule has 0 bridgehead atoms. The summed E-state index contributed by atoms with van der Waals surface area (Å²) in [5.41, 5.74) is 5.87. The summed E-state index contributed by atoms with van der Waals surface area (Å²) in [6.07, 6.45) is 3.67. The fourth-order valence-electron chi connectivity index (χ4n) is 5.55. The summed E-state index contributed by atoms with van der Waals surface area (Å²) in [4.78, 5) is 45.9. The molecule has 2 N–H and O–H groups in total. The molecule has 2 aromatic carbocycles. The number of carbonyl (C=O) groups excluding carboxylic acids is 3. The summed E-state index contributed by atoms with van der Waals surface area (Å²) >= 11 is 0. The van der Waals surface area contributed by atoms with E-state index in [1.165, 1.54) is 0 Å². The number of cyclic esters (lactones) is 2. The van der Waals surface area contributed by atoms with Gasteiger partial charge in [-0.25, -0.2) is 9.59 Å². The highest BCUT2D eigenvalue weighted by Crippen LogP contribution is 2.44. The van der Waals surface area contributed by atoms with Gasteiger partial charge in [-0.1, -0.05) is 38.7 Å². The van der Waals surface area contributed by atoms with E-state index in [0.717, 1.165) is 34.6 Å². The lowest BCUT2D eigenvalue weighted by Gasteiger charge is -2.21. The van der Waals surface area contributed by atoms with Gasteiger partial charge >= 0.3 is 17.9 Å². The Kier molecular flexibility index (Phi) is 14.9. The lowest BCUT2D eigenvalue weighted by Crippen LogP contribution is -2.23. The molecule has 12 heteroatoms. The van der Waals surface area contributed by atoms with Crippen molar-refractivity contribution in [3.8, 4) is 23.0 Å². The van der Waals surface area contributed by atoms with E-state index >= 15 is 0 Å². The number of carboxylic acid groups (broad SMARTS) is 1. The lowest BCUT2D eigenvalue weighted by molar-refractivity contribution is -0.137. The average molecular weight is 701 g/mol. The van der Waals surface area contributed by atoms with Crippen molar-refractivity contribution in [1.82, 2.24) is 0 Å². The lowest BCUT2D eigenvalue weighted by atomic mass is 9.94. The number of benzene rings is 2. The minimum Gasteiger partial charge on any atom is -0.507 e. The first kappa shape index (κ1) is 40.9. The van der Waals surface area contributed by atoms with Crippen molar-refractivity contribution in [2.45, 2.75) is 107 Å². The van der Waals surface area contributed by atoms with Gasteiger partial charge in [0.05, 0.1) is 19.8 Å². The van der Waals surface area contributed by atoms with Gasteiger partial charge < -0.3 is 38.7 Å². The van der Waals surface area contributed by atoms with Crippen LogP contribution in [0.5, 0.6) is 23.0 Å². The van der Waals surface area contributed by atoms with Gasteiger partial charge in [-0.05, 0) is 64.6 Å². The van der Waals surface area contributed by atoms with Gasteiger partial charge in [0.2, 0.25) is 0 Å². The number of aromatic hydroxyl groups is 1. The molecule has 0 atom stereocenters. The molecule has 4 rings (SSSR count). The summed E-state index contributed by atoms with van der Waals surface area (Å²) in [5.74, 6) is -0.195. The number of esters is 2. The molecule has 2 aromatic rings.